The summed E-state index contributed by atoms with van der Waals surface area (Å²) in [7, 11) is 0. The molecule has 1 saturated heterocycles. The van der Waals surface area contributed by atoms with Crippen LogP contribution in [0.1, 0.15) is 24.0 Å². The van der Waals surface area contributed by atoms with Crippen molar-refractivity contribution in [3.8, 4) is 0 Å². The first-order chi connectivity index (χ1) is 12.5. The zero-order valence-electron chi connectivity index (χ0n) is 14.0. The van der Waals surface area contributed by atoms with Gasteiger partial charge in [0.25, 0.3) is 5.91 Å². The fraction of sp³-hybridized carbons (Fsp3) is 0.211. The van der Waals surface area contributed by atoms with Crippen molar-refractivity contribution in [1.82, 2.24) is 10.7 Å². The third kappa shape index (κ3) is 3.46. The molecule has 2 aromatic rings. The number of hydrogen-bond donors (Lipinski definition) is 2. The first-order valence-corrected chi connectivity index (χ1v) is 8.10. The van der Waals surface area contributed by atoms with Gasteiger partial charge in [-0.15, -0.1) is 0 Å². The van der Waals surface area contributed by atoms with E-state index < -0.39 is 29.4 Å². The number of nitrogens with one attached hydrogen (secondary N) is 2. The average Bonchev–Trinajstić information content (AvgIpc) is 3.02. The molecule has 0 bridgehead atoms. The summed E-state index contributed by atoms with van der Waals surface area (Å²) < 4.78 is 27.5. The number of hydrazone groups is 1. The number of benzene rings is 2. The highest BCUT2D eigenvalue weighted by Crippen LogP contribution is 2.29. The summed E-state index contributed by atoms with van der Waals surface area (Å²) in [6, 6.07) is 12.6. The van der Waals surface area contributed by atoms with Crippen molar-refractivity contribution in [3.63, 3.8) is 0 Å². The lowest BCUT2D eigenvalue weighted by atomic mass is 9.88. The molecule has 3 rings (SSSR count). The topological polar surface area (TPSA) is 70.6 Å². The Morgan fingerprint density at radius 2 is 1.77 bits per heavy atom. The molecule has 0 radical (unpaired) electrons. The van der Waals surface area contributed by atoms with E-state index in [0.29, 0.717) is 6.54 Å². The largest absolute Gasteiger partial charge is 0.355 e. The molecule has 0 aromatic heterocycles. The molecule has 2 atom stereocenters. The van der Waals surface area contributed by atoms with Gasteiger partial charge in [0, 0.05) is 12.5 Å². The Morgan fingerprint density at radius 3 is 2.42 bits per heavy atom. The zero-order valence-corrected chi connectivity index (χ0v) is 14.0. The summed E-state index contributed by atoms with van der Waals surface area (Å²) in [5, 5.41) is 6.45. The van der Waals surface area contributed by atoms with E-state index in [9.17, 15) is 18.4 Å². The van der Waals surface area contributed by atoms with Crippen LogP contribution in [0.3, 0.4) is 0 Å². The molecule has 7 heteroatoms. The van der Waals surface area contributed by atoms with E-state index in [-0.39, 0.29) is 17.2 Å². The van der Waals surface area contributed by atoms with Gasteiger partial charge in [-0.2, -0.15) is 5.10 Å². The Bertz CT molecular complexity index is 848. The summed E-state index contributed by atoms with van der Waals surface area (Å²) in [6.45, 7) is 1.72. The van der Waals surface area contributed by atoms with Gasteiger partial charge in [0.2, 0.25) is 5.91 Å². The first kappa shape index (κ1) is 17.7. The van der Waals surface area contributed by atoms with E-state index in [1.54, 1.807) is 0 Å². The Balaban J connectivity index is 1.79. The maximum Gasteiger partial charge on any atom is 0.253 e. The van der Waals surface area contributed by atoms with Gasteiger partial charge in [0.15, 0.2) is 0 Å². The quantitative estimate of drug-likeness (QED) is 0.501. The van der Waals surface area contributed by atoms with E-state index in [4.69, 9.17) is 0 Å². The standard InChI is InChI=1S/C19H17F2N3O2/c1-11(16-14(20)8-5-9-15(16)21)23-24-19(26)17-13(10-22-18(17)25)12-6-3-2-4-7-12/h2-9,13,17H,10H2,1H3,(H,22,25)(H,24,26)/b23-11-. The van der Waals surface area contributed by atoms with Crippen LogP contribution >= 0.6 is 0 Å². The minimum Gasteiger partial charge on any atom is -0.355 e. The fourth-order valence-corrected chi connectivity index (χ4v) is 3.04. The second kappa shape index (κ2) is 7.43. The van der Waals surface area contributed by atoms with Crippen molar-refractivity contribution >= 4 is 17.5 Å². The van der Waals surface area contributed by atoms with Crippen LogP contribution < -0.4 is 10.7 Å². The van der Waals surface area contributed by atoms with E-state index in [1.807, 2.05) is 30.3 Å². The third-order valence-corrected chi connectivity index (χ3v) is 4.35. The second-order valence-electron chi connectivity index (χ2n) is 6.01. The highest BCUT2D eigenvalue weighted by Gasteiger charge is 2.41. The smallest absolute Gasteiger partial charge is 0.253 e. The van der Waals surface area contributed by atoms with Crippen LogP contribution in [0, 0.1) is 17.6 Å². The number of halogens is 2. The molecular formula is C19H17F2N3O2. The van der Waals surface area contributed by atoms with Crippen LogP contribution in [0.25, 0.3) is 0 Å². The van der Waals surface area contributed by atoms with Gasteiger partial charge < -0.3 is 5.32 Å². The Labute approximate surface area is 149 Å². The van der Waals surface area contributed by atoms with Gasteiger partial charge >= 0.3 is 0 Å². The number of hydrogen-bond acceptors (Lipinski definition) is 3. The molecule has 134 valence electrons. The predicted octanol–water partition coefficient (Wildman–Crippen LogP) is 2.33. The van der Waals surface area contributed by atoms with Gasteiger partial charge in [-0.1, -0.05) is 36.4 Å². The Morgan fingerprint density at radius 1 is 1.12 bits per heavy atom. The molecule has 5 nitrogen and oxygen atoms in total. The monoisotopic (exact) mass is 357 g/mol. The van der Waals surface area contributed by atoms with Crippen LogP contribution in [0.2, 0.25) is 0 Å². The predicted molar refractivity (Wildman–Crippen MR) is 92.4 cm³/mol. The van der Waals surface area contributed by atoms with Gasteiger partial charge in [-0.25, -0.2) is 14.2 Å². The molecule has 1 aliphatic heterocycles. The van der Waals surface area contributed by atoms with E-state index >= 15 is 0 Å². The summed E-state index contributed by atoms with van der Waals surface area (Å²) in [5.74, 6) is -3.86. The maximum absolute atomic E-state index is 13.8. The van der Waals surface area contributed by atoms with E-state index in [1.165, 1.54) is 13.0 Å². The molecule has 1 aliphatic rings. The SMILES string of the molecule is C/C(=N/NC(=O)C1C(=O)NCC1c1ccccc1)c1c(F)cccc1F. The van der Waals surface area contributed by atoms with Gasteiger partial charge in [0.05, 0.1) is 11.3 Å². The minimum atomic E-state index is -0.959. The van der Waals surface area contributed by atoms with Crippen LogP contribution in [0.5, 0.6) is 0 Å². The number of nitrogens with zero attached hydrogens (tertiary/aromatic N) is 1. The lowest BCUT2D eigenvalue weighted by Gasteiger charge is -2.15. The fourth-order valence-electron chi connectivity index (χ4n) is 3.04. The van der Waals surface area contributed by atoms with Gasteiger partial charge in [-0.3, -0.25) is 9.59 Å². The van der Waals surface area contributed by atoms with Crippen LogP contribution in [0.4, 0.5) is 8.78 Å². The van der Waals surface area contributed by atoms with Crippen molar-refractivity contribution in [3.05, 3.63) is 71.3 Å². The number of carbonyl (C=O) groups is 2. The molecule has 0 aliphatic carbocycles. The van der Waals surface area contributed by atoms with Crippen molar-refractivity contribution in [2.24, 2.45) is 11.0 Å². The molecule has 26 heavy (non-hydrogen) atoms. The average molecular weight is 357 g/mol. The Hall–Kier alpha value is -3.09. The molecule has 1 fully saturated rings. The Kier molecular flexibility index (Phi) is 5.06. The van der Waals surface area contributed by atoms with Crippen molar-refractivity contribution in [2.45, 2.75) is 12.8 Å². The maximum atomic E-state index is 13.8. The molecule has 2 amide bonds. The zero-order chi connectivity index (χ0) is 18.7. The molecule has 2 unspecified atom stereocenters. The molecular weight excluding hydrogens is 340 g/mol. The second-order valence-corrected chi connectivity index (χ2v) is 6.01. The summed E-state index contributed by atoms with van der Waals surface area (Å²) in [4.78, 5) is 24.6. The highest BCUT2D eigenvalue weighted by molar-refractivity contribution is 6.04. The molecule has 2 N–H and O–H groups in total. The van der Waals surface area contributed by atoms with Gasteiger partial charge in [0.1, 0.15) is 17.6 Å². The van der Waals surface area contributed by atoms with Crippen molar-refractivity contribution in [1.29, 1.82) is 0 Å². The summed E-state index contributed by atoms with van der Waals surface area (Å²) in [5.41, 5.74) is 2.78. The van der Waals surface area contributed by atoms with Crippen molar-refractivity contribution in [2.75, 3.05) is 6.54 Å². The number of amides is 2. The minimum absolute atomic E-state index is 0.0244. The lowest BCUT2D eigenvalue weighted by molar-refractivity contribution is -0.133. The number of carbonyl (C=O) groups excluding carboxylic acids is 2. The third-order valence-electron chi connectivity index (χ3n) is 4.35. The summed E-state index contributed by atoms with van der Waals surface area (Å²) in [6.07, 6.45) is 0. The normalized spacial score (nSPS) is 20.0. The highest BCUT2D eigenvalue weighted by atomic mass is 19.1. The van der Waals surface area contributed by atoms with E-state index in [0.717, 1.165) is 17.7 Å². The molecule has 0 spiro atoms. The van der Waals surface area contributed by atoms with Crippen LogP contribution in [0.15, 0.2) is 53.6 Å². The molecule has 2 aromatic carbocycles. The van der Waals surface area contributed by atoms with Crippen LogP contribution in [-0.2, 0) is 9.59 Å². The molecule has 1 heterocycles. The molecule has 0 saturated carbocycles. The lowest BCUT2D eigenvalue weighted by Crippen LogP contribution is -2.35. The van der Waals surface area contributed by atoms with Gasteiger partial charge in [-0.05, 0) is 24.6 Å². The van der Waals surface area contributed by atoms with Crippen LogP contribution in [-0.4, -0.2) is 24.1 Å². The van der Waals surface area contributed by atoms with Crippen molar-refractivity contribution < 1.29 is 18.4 Å². The number of rotatable bonds is 4. The van der Waals surface area contributed by atoms with E-state index in [2.05, 4.69) is 15.8 Å². The summed E-state index contributed by atoms with van der Waals surface area (Å²) >= 11 is 0. The first-order valence-electron chi connectivity index (χ1n) is 8.10.